The first kappa shape index (κ1) is 21.8. The van der Waals surface area contributed by atoms with Gasteiger partial charge in [-0.15, -0.1) is 0 Å². The van der Waals surface area contributed by atoms with Gasteiger partial charge in [0.15, 0.2) is 5.78 Å². The van der Waals surface area contributed by atoms with Crippen molar-refractivity contribution in [2.24, 2.45) is 34.0 Å². The van der Waals surface area contributed by atoms with Crippen LogP contribution in [0, 0.1) is 34.0 Å². The molecule has 6 rings (SSSR count). The average Bonchev–Trinajstić information content (AvgIpc) is 3.55. The maximum Gasteiger partial charge on any atom is 0.316 e. The molecular formula is C27H30O7. The Hall–Kier alpha value is -2.67. The van der Waals surface area contributed by atoms with Gasteiger partial charge >= 0.3 is 11.9 Å². The van der Waals surface area contributed by atoms with Gasteiger partial charge in [-0.1, -0.05) is 31.6 Å². The lowest BCUT2D eigenvalue weighted by Crippen LogP contribution is -2.67. The van der Waals surface area contributed by atoms with Gasteiger partial charge in [-0.25, -0.2) is 0 Å². The van der Waals surface area contributed by atoms with Crippen LogP contribution in [-0.2, 0) is 28.6 Å². The van der Waals surface area contributed by atoms with Crippen molar-refractivity contribution in [3.8, 4) is 0 Å². The largest absolute Gasteiger partial charge is 0.472 e. The molecule has 2 aliphatic heterocycles. The van der Waals surface area contributed by atoms with E-state index in [1.54, 1.807) is 18.6 Å². The van der Waals surface area contributed by atoms with Crippen molar-refractivity contribution in [1.29, 1.82) is 0 Å². The van der Waals surface area contributed by atoms with Crippen LogP contribution in [0.4, 0.5) is 0 Å². The number of furan rings is 1. The van der Waals surface area contributed by atoms with Crippen molar-refractivity contribution < 1.29 is 33.0 Å². The molecule has 5 aliphatic rings. The first-order chi connectivity index (χ1) is 16.1. The zero-order valence-electron chi connectivity index (χ0n) is 20.1. The van der Waals surface area contributed by atoms with E-state index in [9.17, 15) is 14.4 Å². The van der Waals surface area contributed by atoms with E-state index in [0.717, 1.165) is 11.1 Å². The molecule has 0 radical (unpaired) electrons. The van der Waals surface area contributed by atoms with Gasteiger partial charge in [0, 0.05) is 35.0 Å². The number of fused-ring (bicyclic) bond motifs is 4. The number of ether oxygens (including phenoxy) is 3. The molecule has 0 bridgehead atoms. The molecule has 0 unspecified atom stereocenters. The van der Waals surface area contributed by atoms with Gasteiger partial charge in [0.25, 0.3) is 0 Å². The molecule has 3 fully saturated rings. The Morgan fingerprint density at radius 1 is 1.18 bits per heavy atom. The van der Waals surface area contributed by atoms with E-state index in [2.05, 4.69) is 19.9 Å². The second kappa shape index (κ2) is 6.72. The van der Waals surface area contributed by atoms with Crippen LogP contribution in [-0.4, -0.2) is 43.1 Å². The van der Waals surface area contributed by atoms with Crippen molar-refractivity contribution in [2.75, 3.05) is 7.11 Å². The van der Waals surface area contributed by atoms with E-state index >= 15 is 0 Å². The predicted molar refractivity (Wildman–Crippen MR) is 119 cm³/mol. The third-order valence-electron chi connectivity index (χ3n) is 9.92. The summed E-state index contributed by atoms with van der Waals surface area (Å²) in [7, 11) is 1.37. The number of methoxy groups -OCH3 is 1. The van der Waals surface area contributed by atoms with Crippen LogP contribution in [0.2, 0.25) is 0 Å². The molecule has 180 valence electrons. The summed E-state index contributed by atoms with van der Waals surface area (Å²) < 4.78 is 23.4. The van der Waals surface area contributed by atoms with E-state index in [4.69, 9.17) is 18.6 Å². The molecular weight excluding hydrogens is 436 g/mol. The van der Waals surface area contributed by atoms with Crippen molar-refractivity contribution in [1.82, 2.24) is 0 Å². The SMILES string of the molecule is COC(=O)C[C@@H]1[C@]2(C)C(=O)C=C[C@]3(C)C(=O)O[C@H]([C@H]23)[C@@H]2O[C@@H]3[C@H](c4ccoc4)C=C(C)[C@@H]3[C@@]12C. The first-order valence-electron chi connectivity index (χ1n) is 12.0. The summed E-state index contributed by atoms with van der Waals surface area (Å²) in [6.45, 7) is 7.96. The number of hydrogen-bond acceptors (Lipinski definition) is 7. The third kappa shape index (κ3) is 2.34. The summed E-state index contributed by atoms with van der Waals surface area (Å²) in [4.78, 5) is 39.7. The highest BCUT2D eigenvalue weighted by atomic mass is 16.6. The maximum atomic E-state index is 13.7. The summed E-state index contributed by atoms with van der Waals surface area (Å²) in [5.74, 6) is -1.65. The van der Waals surface area contributed by atoms with Crippen molar-refractivity contribution >= 4 is 17.7 Å². The number of ketones is 1. The fourth-order valence-electron chi connectivity index (χ4n) is 8.50. The lowest BCUT2D eigenvalue weighted by atomic mass is 9.41. The second-order valence-electron chi connectivity index (χ2n) is 11.3. The van der Waals surface area contributed by atoms with E-state index in [0.29, 0.717) is 0 Å². The average molecular weight is 467 g/mol. The molecule has 1 saturated carbocycles. The molecule has 7 nitrogen and oxygen atoms in total. The number of rotatable bonds is 3. The van der Waals surface area contributed by atoms with Crippen molar-refractivity contribution in [3.63, 3.8) is 0 Å². The Labute approximate surface area is 198 Å². The molecule has 34 heavy (non-hydrogen) atoms. The molecule has 0 spiro atoms. The summed E-state index contributed by atoms with van der Waals surface area (Å²) in [5.41, 5.74) is -0.372. The van der Waals surface area contributed by atoms with Crippen LogP contribution in [0.25, 0.3) is 0 Å². The summed E-state index contributed by atoms with van der Waals surface area (Å²) in [6.07, 6.45) is 7.66. The Kier molecular flexibility index (Phi) is 4.31. The van der Waals surface area contributed by atoms with Crippen LogP contribution in [0.3, 0.4) is 0 Å². The summed E-state index contributed by atoms with van der Waals surface area (Å²) in [5, 5.41) is 0. The van der Waals surface area contributed by atoms with Crippen LogP contribution >= 0.6 is 0 Å². The lowest BCUT2D eigenvalue weighted by molar-refractivity contribution is -0.194. The second-order valence-corrected chi connectivity index (χ2v) is 11.3. The molecule has 3 heterocycles. The standard InChI is InChI=1S/C27H30O7/c1-13-10-15(14-7-9-32-12-14)20-19(13)27(4)16(11-18(29)31-5)26(3)17(28)6-8-25(2)22(26)21(23(27)33-20)34-24(25)30/h6-10,12,15-16,19-23H,11H2,1-5H3/t15-,16+,19-,20+,21+,22-,23-,25-,26+,27+/m0/s1. The van der Waals surface area contributed by atoms with Crippen LogP contribution in [0.15, 0.2) is 46.8 Å². The summed E-state index contributed by atoms with van der Waals surface area (Å²) >= 11 is 0. The zero-order chi connectivity index (χ0) is 24.2. The minimum atomic E-state index is -0.980. The van der Waals surface area contributed by atoms with Crippen LogP contribution in [0.1, 0.15) is 45.6 Å². The molecule has 7 heteroatoms. The molecule has 0 N–H and O–H groups in total. The highest BCUT2D eigenvalue weighted by Gasteiger charge is 2.78. The van der Waals surface area contributed by atoms with E-state index in [1.807, 2.05) is 19.9 Å². The minimum absolute atomic E-state index is 0.0166. The smallest absolute Gasteiger partial charge is 0.316 e. The minimum Gasteiger partial charge on any atom is -0.472 e. The Balaban J connectivity index is 1.55. The van der Waals surface area contributed by atoms with Crippen molar-refractivity contribution in [3.05, 3.63) is 48.0 Å². The predicted octanol–water partition coefficient (Wildman–Crippen LogP) is 3.60. The van der Waals surface area contributed by atoms with Crippen LogP contribution in [0.5, 0.6) is 0 Å². The lowest BCUT2D eigenvalue weighted by Gasteiger charge is -2.60. The number of carbonyl (C=O) groups is 3. The van der Waals surface area contributed by atoms with Gasteiger partial charge in [-0.2, -0.15) is 0 Å². The van der Waals surface area contributed by atoms with E-state index in [1.165, 1.54) is 13.2 Å². The quantitative estimate of drug-likeness (QED) is 0.496. The zero-order valence-corrected chi connectivity index (χ0v) is 20.1. The summed E-state index contributed by atoms with van der Waals surface area (Å²) in [6, 6.07) is 1.94. The first-order valence-corrected chi connectivity index (χ1v) is 12.0. The van der Waals surface area contributed by atoms with Gasteiger partial charge in [0.2, 0.25) is 0 Å². The van der Waals surface area contributed by atoms with Gasteiger partial charge in [-0.3, -0.25) is 14.4 Å². The Morgan fingerprint density at radius 3 is 2.62 bits per heavy atom. The van der Waals surface area contributed by atoms with E-state index < -0.39 is 40.3 Å². The number of esters is 2. The topological polar surface area (TPSA) is 92.0 Å². The third-order valence-corrected chi connectivity index (χ3v) is 9.92. The highest BCUT2D eigenvalue weighted by molar-refractivity contribution is 6.00. The van der Waals surface area contributed by atoms with Gasteiger partial charge < -0.3 is 18.6 Å². The molecule has 0 amide bonds. The fraction of sp³-hybridized carbons (Fsp3) is 0.593. The molecule has 2 saturated heterocycles. The highest BCUT2D eigenvalue weighted by Crippen LogP contribution is 2.72. The number of carbonyl (C=O) groups excluding carboxylic acids is 3. The van der Waals surface area contributed by atoms with Crippen LogP contribution < -0.4 is 0 Å². The van der Waals surface area contributed by atoms with Gasteiger partial charge in [0.05, 0.1) is 31.2 Å². The molecule has 0 aromatic carbocycles. The fourth-order valence-corrected chi connectivity index (χ4v) is 8.50. The molecule has 1 aromatic heterocycles. The van der Waals surface area contributed by atoms with E-state index in [-0.39, 0.29) is 42.1 Å². The number of allylic oxidation sites excluding steroid dienone is 1. The number of hydrogen-bond donors (Lipinski definition) is 0. The Bertz CT molecular complexity index is 1150. The van der Waals surface area contributed by atoms with Crippen molar-refractivity contribution in [2.45, 2.75) is 58.3 Å². The molecule has 1 aromatic rings. The normalized spacial score (nSPS) is 48.1. The Morgan fingerprint density at radius 2 is 1.94 bits per heavy atom. The maximum absolute atomic E-state index is 13.7. The van der Waals surface area contributed by atoms with Gasteiger partial charge in [-0.05, 0) is 37.5 Å². The van der Waals surface area contributed by atoms with Gasteiger partial charge in [0.1, 0.15) is 12.2 Å². The molecule has 3 aliphatic carbocycles. The monoisotopic (exact) mass is 466 g/mol. The molecule has 10 atom stereocenters.